The molecule has 0 aromatic heterocycles. The summed E-state index contributed by atoms with van der Waals surface area (Å²) in [5.74, 6) is 0.602. The van der Waals surface area contributed by atoms with E-state index < -0.39 is 0 Å². The summed E-state index contributed by atoms with van der Waals surface area (Å²) in [6.07, 6.45) is 0. The molecule has 0 bridgehead atoms. The van der Waals surface area contributed by atoms with Gasteiger partial charge in [0.2, 0.25) is 0 Å². The SMILES string of the molecule is CC(C)(CN)COc1cc(Cl)ccc1Cl. The molecule has 0 aliphatic heterocycles. The standard InChI is InChI=1S/C11H15Cl2NO/c1-11(2,6-14)7-15-10-5-8(12)3-4-9(10)13/h3-5H,6-7,14H2,1-2H3. The molecule has 0 aliphatic carbocycles. The molecule has 0 heterocycles. The van der Waals surface area contributed by atoms with Crippen LogP contribution in [0.15, 0.2) is 18.2 Å². The second kappa shape index (κ2) is 5.06. The Morgan fingerprint density at radius 2 is 2.00 bits per heavy atom. The molecule has 4 heteroatoms. The van der Waals surface area contributed by atoms with E-state index in [0.717, 1.165) is 0 Å². The predicted molar refractivity (Wildman–Crippen MR) is 64.8 cm³/mol. The fourth-order valence-electron chi connectivity index (χ4n) is 0.920. The zero-order chi connectivity index (χ0) is 11.5. The van der Waals surface area contributed by atoms with E-state index in [1.54, 1.807) is 18.2 Å². The second-order valence-corrected chi connectivity index (χ2v) is 5.08. The number of nitrogens with two attached hydrogens (primary N) is 1. The van der Waals surface area contributed by atoms with Crippen LogP contribution in [0.25, 0.3) is 0 Å². The lowest BCUT2D eigenvalue weighted by Gasteiger charge is -2.22. The molecule has 0 fully saturated rings. The van der Waals surface area contributed by atoms with Crippen LogP contribution in [0.3, 0.4) is 0 Å². The minimum atomic E-state index is -0.0638. The van der Waals surface area contributed by atoms with Crippen LogP contribution in [0.1, 0.15) is 13.8 Å². The number of rotatable bonds is 4. The largest absolute Gasteiger partial charge is 0.491 e. The fraction of sp³-hybridized carbons (Fsp3) is 0.455. The first-order valence-corrected chi connectivity index (χ1v) is 5.48. The minimum absolute atomic E-state index is 0.0638. The maximum atomic E-state index is 5.95. The molecule has 0 atom stereocenters. The summed E-state index contributed by atoms with van der Waals surface area (Å²) in [6, 6.07) is 5.15. The zero-order valence-corrected chi connectivity index (χ0v) is 10.4. The van der Waals surface area contributed by atoms with Gasteiger partial charge in [-0.2, -0.15) is 0 Å². The summed E-state index contributed by atoms with van der Waals surface area (Å²) < 4.78 is 5.58. The van der Waals surface area contributed by atoms with Gasteiger partial charge in [0.05, 0.1) is 11.6 Å². The summed E-state index contributed by atoms with van der Waals surface area (Å²) in [5.41, 5.74) is 5.54. The van der Waals surface area contributed by atoms with Crippen molar-refractivity contribution in [3.63, 3.8) is 0 Å². The third kappa shape index (κ3) is 3.90. The molecule has 0 amide bonds. The third-order valence-corrected chi connectivity index (χ3v) is 2.61. The van der Waals surface area contributed by atoms with Crippen molar-refractivity contribution < 1.29 is 4.74 Å². The molecule has 0 unspecified atom stereocenters. The normalized spacial score (nSPS) is 11.5. The lowest BCUT2D eigenvalue weighted by Crippen LogP contribution is -2.30. The van der Waals surface area contributed by atoms with Gasteiger partial charge in [0.15, 0.2) is 0 Å². The van der Waals surface area contributed by atoms with Gasteiger partial charge in [0, 0.05) is 23.0 Å². The van der Waals surface area contributed by atoms with E-state index in [9.17, 15) is 0 Å². The molecule has 1 aromatic carbocycles. The molecule has 0 saturated heterocycles. The molecule has 0 spiro atoms. The first kappa shape index (κ1) is 12.6. The monoisotopic (exact) mass is 247 g/mol. The van der Waals surface area contributed by atoms with Crippen molar-refractivity contribution in [1.29, 1.82) is 0 Å². The van der Waals surface area contributed by atoms with Gasteiger partial charge in [-0.1, -0.05) is 37.0 Å². The van der Waals surface area contributed by atoms with Crippen LogP contribution in [0.4, 0.5) is 0 Å². The van der Waals surface area contributed by atoms with Crippen LogP contribution in [0.5, 0.6) is 5.75 Å². The molecule has 2 nitrogen and oxygen atoms in total. The third-order valence-electron chi connectivity index (χ3n) is 2.06. The Hall–Kier alpha value is -0.440. The topological polar surface area (TPSA) is 35.2 Å². The molecule has 0 saturated carbocycles. The van der Waals surface area contributed by atoms with Crippen LogP contribution in [-0.2, 0) is 0 Å². The van der Waals surface area contributed by atoms with Gasteiger partial charge in [0.25, 0.3) is 0 Å². The molecular formula is C11H15Cl2NO. The van der Waals surface area contributed by atoms with Crippen LogP contribution in [0, 0.1) is 5.41 Å². The summed E-state index contributed by atoms with van der Waals surface area (Å²) in [5, 5.41) is 1.17. The van der Waals surface area contributed by atoms with Crippen molar-refractivity contribution in [2.24, 2.45) is 11.1 Å². The Kier molecular flexibility index (Phi) is 4.26. The van der Waals surface area contributed by atoms with E-state index in [2.05, 4.69) is 0 Å². The highest BCUT2D eigenvalue weighted by atomic mass is 35.5. The van der Waals surface area contributed by atoms with Crippen molar-refractivity contribution in [3.05, 3.63) is 28.2 Å². The number of hydrogen-bond donors (Lipinski definition) is 1. The van der Waals surface area contributed by atoms with E-state index in [-0.39, 0.29) is 5.41 Å². The average molecular weight is 248 g/mol. The molecular weight excluding hydrogens is 233 g/mol. The van der Waals surface area contributed by atoms with Gasteiger partial charge in [0.1, 0.15) is 5.75 Å². The highest BCUT2D eigenvalue weighted by Gasteiger charge is 2.17. The van der Waals surface area contributed by atoms with Gasteiger partial charge in [-0.15, -0.1) is 0 Å². The molecule has 15 heavy (non-hydrogen) atoms. The van der Waals surface area contributed by atoms with Crippen molar-refractivity contribution >= 4 is 23.2 Å². The lowest BCUT2D eigenvalue weighted by atomic mass is 9.95. The lowest BCUT2D eigenvalue weighted by molar-refractivity contribution is 0.187. The van der Waals surface area contributed by atoms with Crippen molar-refractivity contribution in [3.8, 4) is 5.75 Å². The quantitative estimate of drug-likeness (QED) is 0.886. The minimum Gasteiger partial charge on any atom is -0.491 e. The van der Waals surface area contributed by atoms with Crippen molar-refractivity contribution in [2.75, 3.05) is 13.2 Å². The predicted octanol–water partition coefficient (Wildman–Crippen LogP) is 3.36. The van der Waals surface area contributed by atoms with E-state index in [0.29, 0.717) is 28.9 Å². The molecule has 1 rings (SSSR count). The number of benzene rings is 1. The Balaban J connectivity index is 2.69. The maximum absolute atomic E-state index is 5.95. The van der Waals surface area contributed by atoms with E-state index in [1.165, 1.54) is 0 Å². The van der Waals surface area contributed by atoms with Gasteiger partial charge in [-0.25, -0.2) is 0 Å². The van der Waals surface area contributed by atoms with Crippen molar-refractivity contribution in [2.45, 2.75) is 13.8 Å². The van der Waals surface area contributed by atoms with Gasteiger partial charge in [-0.05, 0) is 12.1 Å². The number of halogens is 2. The van der Waals surface area contributed by atoms with Crippen LogP contribution < -0.4 is 10.5 Å². The van der Waals surface area contributed by atoms with Gasteiger partial charge < -0.3 is 10.5 Å². The maximum Gasteiger partial charge on any atom is 0.139 e. The summed E-state index contributed by atoms with van der Waals surface area (Å²) >= 11 is 11.8. The van der Waals surface area contributed by atoms with Crippen LogP contribution in [-0.4, -0.2) is 13.2 Å². The molecule has 84 valence electrons. The van der Waals surface area contributed by atoms with Gasteiger partial charge >= 0.3 is 0 Å². The van der Waals surface area contributed by atoms with Gasteiger partial charge in [-0.3, -0.25) is 0 Å². The first-order valence-electron chi connectivity index (χ1n) is 4.72. The summed E-state index contributed by atoms with van der Waals surface area (Å²) in [6.45, 7) is 5.14. The van der Waals surface area contributed by atoms with E-state index in [1.807, 2.05) is 13.8 Å². The zero-order valence-electron chi connectivity index (χ0n) is 8.89. The van der Waals surface area contributed by atoms with E-state index in [4.69, 9.17) is 33.7 Å². The summed E-state index contributed by atoms with van der Waals surface area (Å²) in [4.78, 5) is 0. The second-order valence-electron chi connectivity index (χ2n) is 4.23. The Bertz CT molecular complexity index is 339. The molecule has 0 aliphatic rings. The first-order chi connectivity index (χ1) is 6.94. The van der Waals surface area contributed by atoms with Crippen LogP contribution in [0.2, 0.25) is 10.0 Å². The van der Waals surface area contributed by atoms with E-state index >= 15 is 0 Å². The smallest absolute Gasteiger partial charge is 0.139 e. The average Bonchev–Trinajstić information content (AvgIpc) is 2.20. The highest BCUT2D eigenvalue weighted by molar-refractivity contribution is 6.34. The fourth-order valence-corrected chi connectivity index (χ4v) is 1.25. The van der Waals surface area contributed by atoms with Crippen molar-refractivity contribution in [1.82, 2.24) is 0 Å². The molecule has 0 radical (unpaired) electrons. The summed E-state index contributed by atoms with van der Waals surface area (Å²) in [7, 11) is 0. The Labute approximate surface area is 100 Å². The van der Waals surface area contributed by atoms with Crippen LogP contribution >= 0.6 is 23.2 Å². The number of ether oxygens (including phenoxy) is 1. The molecule has 2 N–H and O–H groups in total. The Morgan fingerprint density at radius 3 is 2.60 bits per heavy atom. The number of hydrogen-bond acceptors (Lipinski definition) is 2. The highest BCUT2D eigenvalue weighted by Crippen LogP contribution is 2.29. The Morgan fingerprint density at radius 1 is 1.33 bits per heavy atom. The molecule has 1 aromatic rings.